The summed E-state index contributed by atoms with van der Waals surface area (Å²) in [5.41, 5.74) is 6.85. The lowest BCUT2D eigenvalue weighted by Gasteiger charge is -2.33. The van der Waals surface area contributed by atoms with Crippen molar-refractivity contribution in [2.45, 2.75) is 64.6 Å². The van der Waals surface area contributed by atoms with Crippen LogP contribution in [0.25, 0.3) is 0 Å². The molecule has 23 heavy (non-hydrogen) atoms. The van der Waals surface area contributed by atoms with Gasteiger partial charge in [0, 0.05) is 18.1 Å². The van der Waals surface area contributed by atoms with Crippen LogP contribution in [0.15, 0.2) is 30.3 Å². The van der Waals surface area contributed by atoms with Gasteiger partial charge in [-0.3, -0.25) is 0 Å². The van der Waals surface area contributed by atoms with Gasteiger partial charge in [0.25, 0.3) is 0 Å². The molecule has 0 unspecified atom stereocenters. The van der Waals surface area contributed by atoms with E-state index in [1.54, 1.807) is 0 Å². The lowest BCUT2D eigenvalue weighted by Crippen LogP contribution is -2.45. The average molecular weight is 318 g/mol. The van der Waals surface area contributed by atoms with E-state index in [2.05, 4.69) is 26.0 Å². The Morgan fingerprint density at radius 3 is 2.52 bits per heavy atom. The standard InChI is InChI=1S/C19H30N2O2/c1-18(2,3)23-17(22)21-13-14(12-19(21,4)5)11-16(20)15-9-7-6-8-10-15/h6-10,14,16H,11-13,20H2,1-5H3/t14-,16+/m0/s1. The van der Waals surface area contributed by atoms with Gasteiger partial charge in [-0.15, -0.1) is 0 Å². The molecule has 0 radical (unpaired) electrons. The lowest BCUT2D eigenvalue weighted by molar-refractivity contribution is 0.0130. The van der Waals surface area contributed by atoms with E-state index in [0.29, 0.717) is 12.5 Å². The third-order valence-corrected chi connectivity index (χ3v) is 4.39. The number of rotatable bonds is 3. The molecule has 1 amide bonds. The number of nitrogens with two attached hydrogens (primary N) is 1. The number of hydrogen-bond acceptors (Lipinski definition) is 3. The Bertz CT molecular complexity index is 534. The Morgan fingerprint density at radius 2 is 1.96 bits per heavy atom. The number of hydrogen-bond donors (Lipinski definition) is 1. The highest BCUT2D eigenvalue weighted by molar-refractivity contribution is 5.69. The predicted molar refractivity (Wildman–Crippen MR) is 93.1 cm³/mol. The molecule has 2 N–H and O–H groups in total. The maximum absolute atomic E-state index is 12.5. The van der Waals surface area contributed by atoms with Crippen LogP contribution in [0, 0.1) is 5.92 Å². The van der Waals surface area contributed by atoms with E-state index in [0.717, 1.165) is 18.4 Å². The number of carbonyl (C=O) groups is 1. The van der Waals surface area contributed by atoms with E-state index in [1.807, 2.05) is 43.9 Å². The minimum Gasteiger partial charge on any atom is -0.444 e. The minimum atomic E-state index is -0.467. The van der Waals surface area contributed by atoms with Crippen molar-refractivity contribution >= 4 is 6.09 Å². The molecule has 1 fully saturated rings. The SMILES string of the molecule is CC(C)(C)OC(=O)N1C[C@@H](C[C@@H](N)c2ccccc2)CC1(C)C. The summed E-state index contributed by atoms with van der Waals surface area (Å²) in [4.78, 5) is 14.3. The third kappa shape index (κ3) is 4.71. The molecule has 4 heteroatoms. The van der Waals surface area contributed by atoms with Gasteiger partial charge in [-0.2, -0.15) is 0 Å². The summed E-state index contributed by atoms with van der Waals surface area (Å²) in [5.74, 6) is 0.396. The molecular weight excluding hydrogens is 288 g/mol. The molecule has 1 saturated heterocycles. The monoisotopic (exact) mass is 318 g/mol. The Kier molecular flexibility index (Phi) is 5.04. The summed E-state index contributed by atoms with van der Waals surface area (Å²) in [7, 11) is 0. The van der Waals surface area contributed by atoms with Crippen molar-refractivity contribution in [1.29, 1.82) is 0 Å². The van der Waals surface area contributed by atoms with E-state index < -0.39 is 5.60 Å². The van der Waals surface area contributed by atoms with Gasteiger partial charge in [0.1, 0.15) is 5.60 Å². The van der Waals surface area contributed by atoms with Crippen molar-refractivity contribution in [3.63, 3.8) is 0 Å². The molecule has 1 aromatic carbocycles. The highest BCUT2D eigenvalue weighted by Crippen LogP contribution is 2.37. The van der Waals surface area contributed by atoms with Gasteiger partial charge >= 0.3 is 6.09 Å². The van der Waals surface area contributed by atoms with E-state index in [4.69, 9.17) is 10.5 Å². The minimum absolute atomic E-state index is 0.00980. The van der Waals surface area contributed by atoms with Crippen LogP contribution in [-0.2, 0) is 4.74 Å². The summed E-state index contributed by atoms with van der Waals surface area (Å²) in [6.07, 6.45) is 1.61. The molecular formula is C19H30N2O2. The van der Waals surface area contributed by atoms with Crippen molar-refractivity contribution in [2.75, 3.05) is 6.54 Å². The molecule has 1 aliphatic heterocycles. The molecule has 1 aliphatic rings. The zero-order valence-electron chi connectivity index (χ0n) is 15.0. The number of benzene rings is 1. The Balaban J connectivity index is 2.00. The summed E-state index contributed by atoms with van der Waals surface area (Å²) >= 11 is 0. The fourth-order valence-corrected chi connectivity index (χ4v) is 3.38. The number of nitrogens with zero attached hydrogens (tertiary/aromatic N) is 1. The van der Waals surface area contributed by atoms with Crippen molar-refractivity contribution in [3.05, 3.63) is 35.9 Å². The van der Waals surface area contributed by atoms with Gasteiger partial charge < -0.3 is 15.4 Å². The molecule has 4 nitrogen and oxygen atoms in total. The van der Waals surface area contributed by atoms with Crippen LogP contribution < -0.4 is 5.73 Å². The molecule has 2 atom stereocenters. The zero-order chi connectivity index (χ0) is 17.3. The fraction of sp³-hybridized carbons (Fsp3) is 0.632. The van der Waals surface area contributed by atoms with Gasteiger partial charge in [0.2, 0.25) is 0 Å². The molecule has 0 aromatic heterocycles. The molecule has 2 rings (SSSR count). The predicted octanol–water partition coefficient (Wildman–Crippen LogP) is 4.11. The molecule has 0 spiro atoms. The van der Waals surface area contributed by atoms with Crippen LogP contribution in [0.2, 0.25) is 0 Å². The van der Waals surface area contributed by atoms with E-state index in [-0.39, 0.29) is 17.7 Å². The smallest absolute Gasteiger partial charge is 0.410 e. The Morgan fingerprint density at radius 1 is 1.35 bits per heavy atom. The van der Waals surface area contributed by atoms with E-state index in [1.165, 1.54) is 0 Å². The van der Waals surface area contributed by atoms with Crippen LogP contribution in [0.3, 0.4) is 0 Å². The first-order valence-corrected chi connectivity index (χ1v) is 8.40. The average Bonchev–Trinajstić information content (AvgIpc) is 2.72. The summed E-state index contributed by atoms with van der Waals surface area (Å²) < 4.78 is 5.55. The van der Waals surface area contributed by atoms with E-state index in [9.17, 15) is 4.79 Å². The van der Waals surface area contributed by atoms with Crippen LogP contribution in [0.5, 0.6) is 0 Å². The maximum Gasteiger partial charge on any atom is 0.410 e. The second-order valence-electron chi connectivity index (χ2n) is 8.23. The molecule has 128 valence electrons. The second-order valence-corrected chi connectivity index (χ2v) is 8.23. The highest BCUT2D eigenvalue weighted by Gasteiger charge is 2.43. The van der Waals surface area contributed by atoms with Crippen molar-refractivity contribution in [1.82, 2.24) is 4.90 Å². The van der Waals surface area contributed by atoms with Gasteiger partial charge in [-0.05, 0) is 58.9 Å². The van der Waals surface area contributed by atoms with Crippen LogP contribution in [0.4, 0.5) is 4.79 Å². The van der Waals surface area contributed by atoms with Crippen molar-refractivity contribution < 1.29 is 9.53 Å². The molecule has 0 aliphatic carbocycles. The number of likely N-dealkylation sites (tertiary alicyclic amines) is 1. The largest absolute Gasteiger partial charge is 0.444 e. The summed E-state index contributed by atoms with van der Waals surface area (Å²) in [5, 5.41) is 0. The summed E-state index contributed by atoms with van der Waals surface area (Å²) in [6.45, 7) is 10.6. The number of amides is 1. The first kappa shape index (κ1) is 17.8. The van der Waals surface area contributed by atoms with Gasteiger partial charge in [0.15, 0.2) is 0 Å². The first-order chi connectivity index (χ1) is 10.6. The van der Waals surface area contributed by atoms with Crippen molar-refractivity contribution in [2.24, 2.45) is 11.7 Å². The molecule has 0 bridgehead atoms. The highest BCUT2D eigenvalue weighted by atomic mass is 16.6. The van der Waals surface area contributed by atoms with Gasteiger partial charge in [-0.25, -0.2) is 4.79 Å². The summed E-state index contributed by atoms with van der Waals surface area (Å²) in [6, 6.07) is 10.2. The molecule has 1 aromatic rings. The third-order valence-electron chi connectivity index (χ3n) is 4.39. The maximum atomic E-state index is 12.5. The topological polar surface area (TPSA) is 55.6 Å². The molecule has 1 heterocycles. The lowest BCUT2D eigenvalue weighted by atomic mass is 9.90. The first-order valence-electron chi connectivity index (χ1n) is 8.40. The van der Waals surface area contributed by atoms with E-state index >= 15 is 0 Å². The van der Waals surface area contributed by atoms with Gasteiger partial charge in [-0.1, -0.05) is 30.3 Å². The van der Waals surface area contributed by atoms with Crippen LogP contribution >= 0.6 is 0 Å². The Labute approximate surface area is 140 Å². The van der Waals surface area contributed by atoms with Crippen LogP contribution in [-0.4, -0.2) is 28.7 Å². The Hall–Kier alpha value is -1.55. The second kappa shape index (κ2) is 6.52. The fourth-order valence-electron chi connectivity index (χ4n) is 3.38. The zero-order valence-corrected chi connectivity index (χ0v) is 15.0. The van der Waals surface area contributed by atoms with Crippen molar-refractivity contribution in [3.8, 4) is 0 Å². The van der Waals surface area contributed by atoms with Gasteiger partial charge in [0.05, 0.1) is 0 Å². The number of carbonyl (C=O) groups excluding carboxylic acids is 1. The normalized spacial score (nSPS) is 22.0. The quantitative estimate of drug-likeness (QED) is 0.912. The van der Waals surface area contributed by atoms with Crippen LogP contribution in [0.1, 0.15) is 59.1 Å². The molecule has 0 saturated carbocycles. The number of ether oxygens (including phenoxy) is 1.